The number of halogens is 1. The molecule has 25 heavy (non-hydrogen) atoms. The van der Waals surface area contributed by atoms with Gasteiger partial charge in [-0.05, 0) is 24.3 Å². The first-order valence-corrected chi connectivity index (χ1v) is 7.68. The van der Waals surface area contributed by atoms with Crippen molar-refractivity contribution in [2.45, 2.75) is 0 Å². The van der Waals surface area contributed by atoms with E-state index in [1.54, 1.807) is 24.3 Å². The first-order chi connectivity index (χ1) is 12.0. The van der Waals surface area contributed by atoms with Crippen LogP contribution >= 0.6 is 11.6 Å². The number of ether oxygens (including phenoxy) is 3. The molecule has 0 aliphatic rings. The fraction of sp³-hybridized carbons (Fsp3) is 0.167. The van der Waals surface area contributed by atoms with E-state index in [2.05, 4.69) is 0 Å². The standard InChI is InChI=1S/C18H15ClO6/c1-22-9-24-12-7-13(20)15-14(8-12)25-17(18(23-2)16(15)21)10-3-5-11(19)6-4-10/h3-8,20H,9H2,1-2H3. The second-order valence-electron chi connectivity index (χ2n) is 5.17. The summed E-state index contributed by atoms with van der Waals surface area (Å²) in [4.78, 5) is 12.7. The molecule has 6 nitrogen and oxygen atoms in total. The predicted octanol–water partition coefficient (Wildman–Crippen LogP) is 3.81. The van der Waals surface area contributed by atoms with Gasteiger partial charge < -0.3 is 23.7 Å². The van der Waals surface area contributed by atoms with E-state index >= 15 is 0 Å². The van der Waals surface area contributed by atoms with Crippen LogP contribution in [0.1, 0.15) is 0 Å². The Bertz CT molecular complexity index is 962. The molecule has 2 aromatic carbocycles. The maximum atomic E-state index is 12.7. The van der Waals surface area contributed by atoms with E-state index in [1.807, 2.05) is 0 Å². The SMILES string of the molecule is COCOc1cc(O)c2c(=O)c(OC)c(-c3ccc(Cl)cc3)oc2c1. The normalized spacial score (nSPS) is 10.8. The molecule has 0 radical (unpaired) electrons. The Kier molecular flexibility index (Phi) is 4.83. The van der Waals surface area contributed by atoms with Crippen LogP contribution in [0.15, 0.2) is 45.6 Å². The summed E-state index contributed by atoms with van der Waals surface area (Å²) < 4.78 is 21.2. The van der Waals surface area contributed by atoms with Gasteiger partial charge in [-0.25, -0.2) is 0 Å². The van der Waals surface area contributed by atoms with Gasteiger partial charge in [-0.15, -0.1) is 0 Å². The second-order valence-corrected chi connectivity index (χ2v) is 5.60. The lowest BCUT2D eigenvalue weighted by Crippen LogP contribution is -2.08. The van der Waals surface area contributed by atoms with E-state index in [0.717, 1.165) is 0 Å². The Hall–Kier alpha value is -2.70. The van der Waals surface area contributed by atoms with Gasteiger partial charge in [0.15, 0.2) is 12.6 Å². The molecule has 0 amide bonds. The van der Waals surface area contributed by atoms with Gasteiger partial charge in [-0.2, -0.15) is 0 Å². The minimum atomic E-state index is -0.482. The van der Waals surface area contributed by atoms with Crippen molar-refractivity contribution in [2.75, 3.05) is 21.0 Å². The van der Waals surface area contributed by atoms with Crippen LogP contribution in [-0.2, 0) is 4.74 Å². The van der Waals surface area contributed by atoms with Gasteiger partial charge in [-0.3, -0.25) is 4.79 Å². The van der Waals surface area contributed by atoms with E-state index in [9.17, 15) is 9.90 Å². The summed E-state index contributed by atoms with van der Waals surface area (Å²) in [5.74, 6) is 0.274. The number of benzene rings is 2. The van der Waals surface area contributed by atoms with Gasteiger partial charge in [0.1, 0.15) is 22.5 Å². The number of hydrogen-bond donors (Lipinski definition) is 1. The molecule has 0 aliphatic heterocycles. The average molecular weight is 363 g/mol. The summed E-state index contributed by atoms with van der Waals surface area (Å²) >= 11 is 5.90. The quantitative estimate of drug-likeness (QED) is 0.695. The molecule has 0 bridgehead atoms. The summed E-state index contributed by atoms with van der Waals surface area (Å²) in [5, 5.41) is 10.8. The van der Waals surface area contributed by atoms with Crippen LogP contribution in [0, 0.1) is 0 Å². The molecule has 0 aliphatic carbocycles. The zero-order valence-electron chi connectivity index (χ0n) is 13.5. The molecule has 0 unspecified atom stereocenters. The molecule has 1 aromatic heterocycles. The van der Waals surface area contributed by atoms with Crippen molar-refractivity contribution >= 4 is 22.6 Å². The van der Waals surface area contributed by atoms with Crippen LogP contribution in [0.4, 0.5) is 0 Å². The van der Waals surface area contributed by atoms with Crippen molar-refractivity contribution in [3.8, 4) is 28.6 Å². The van der Waals surface area contributed by atoms with Crippen molar-refractivity contribution in [1.82, 2.24) is 0 Å². The minimum absolute atomic E-state index is 0.00400. The highest BCUT2D eigenvalue weighted by atomic mass is 35.5. The smallest absolute Gasteiger partial charge is 0.239 e. The minimum Gasteiger partial charge on any atom is -0.507 e. The van der Waals surface area contributed by atoms with Crippen molar-refractivity contribution in [1.29, 1.82) is 0 Å². The molecule has 1 heterocycles. The third-order valence-electron chi connectivity index (χ3n) is 3.56. The molecule has 0 saturated heterocycles. The maximum Gasteiger partial charge on any atom is 0.239 e. The van der Waals surface area contributed by atoms with Crippen LogP contribution in [0.5, 0.6) is 17.2 Å². The Balaban J connectivity index is 2.26. The highest BCUT2D eigenvalue weighted by Gasteiger charge is 2.20. The number of methoxy groups -OCH3 is 2. The molecule has 0 atom stereocenters. The van der Waals surface area contributed by atoms with Crippen LogP contribution < -0.4 is 14.9 Å². The van der Waals surface area contributed by atoms with Crippen LogP contribution in [-0.4, -0.2) is 26.1 Å². The molecular formula is C18H15ClO6. The molecule has 130 valence electrons. The number of hydrogen-bond acceptors (Lipinski definition) is 6. The average Bonchev–Trinajstić information content (AvgIpc) is 2.60. The highest BCUT2D eigenvalue weighted by Crippen LogP contribution is 2.36. The fourth-order valence-corrected chi connectivity index (χ4v) is 2.57. The van der Waals surface area contributed by atoms with Gasteiger partial charge in [0, 0.05) is 29.8 Å². The van der Waals surface area contributed by atoms with Gasteiger partial charge in [0.2, 0.25) is 11.2 Å². The van der Waals surface area contributed by atoms with E-state index in [4.69, 9.17) is 30.2 Å². The topological polar surface area (TPSA) is 78.1 Å². The third-order valence-corrected chi connectivity index (χ3v) is 3.81. The lowest BCUT2D eigenvalue weighted by Gasteiger charge is -2.11. The van der Waals surface area contributed by atoms with Crippen LogP contribution in [0.25, 0.3) is 22.3 Å². The zero-order chi connectivity index (χ0) is 18.0. The highest BCUT2D eigenvalue weighted by molar-refractivity contribution is 6.30. The molecule has 7 heteroatoms. The second kappa shape index (κ2) is 7.04. The number of phenolic OH excluding ortho intramolecular Hbond substituents is 1. The number of phenols is 1. The first-order valence-electron chi connectivity index (χ1n) is 7.30. The Morgan fingerprint density at radius 3 is 2.52 bits per heavy atom. The molecular weight excluding hydrogens is 348 g/mol. The lowest BCUT2D eigenvalue weighted by atomic mass is 10.1. The van der Waals surface area contributed by atoms with Crippen LogP contribution in [0.3, 0.4) is 0 Å². The molecule has 3 aromatic rings. The lowest BCUT2D eigenvalue weighted by molar-refractivity contribution is 0.0510. The van der Waals surface area contributed by atoms with Crippen molar-refractivity contribution in [3.63, 3.8) is 0 Å². The number of rotatable bonds is 5. The van der Waals surface area contributed by atoms with Crippen molar-refractivity contribution in [2.24, 2.45) is 0 Å². The Morgan fingerprint density at radius 1 is 1.16 bits per heavy atom. The number of aromatic hydroxyl groups is 1. The Morgan fingerprint density at radius 2 is 1.88 bits per heavy atom. The zero-order valence-corrected chi connectivity index (χ0v) is 14.3. The van der Waals surface area contributed by atoms with Crippen molar-refractivity contribution in [3.05, 3.63) is 51.6 Å². The molecule has 0 fully saturated rings. The number of fused-ring (bicyclic) bond motifs is 1. The predicted molar refractivity (Wildman–Crippen MR) is 93.7 cm³/mol. The van der Waals surface area contributed by atoms with E-state index < -0.39 is 5.43 Å². The maximum absolute atomic E-state index is 12.7. The fourth-order valence-electron chi connectivity index (χ4n) is 2.44. The molecule has 1 N–H and O–H groups in total. The monoisotopic (exact) mass is 362 g/mol. The molecule has 0 spiro atoms. The largest absolute Gasteiger partial charge is 0.507 e. The van der Waals surface area contributed by atoms with E-state index in [1.165, 1.54) is 26.4 Å². The first kappa shape index (κ1) is 17.1. The molecule has 3 rings (SSSR count). The summed E-state index contributed by atoms with van der Waals surface area (Å²) in [5.41, 5.74) is 0.300. The van der Waals surface area contributed by atoms with Gasteiger partial charge >= 0.3 is 0 Å². The summed E-state index contributed by atoms with van der Waals surface area (Å²) in [6, 6.07) is 9.60. The third kappa shape index (κ3) is 3.26. The molecule has 0 saturated carbocycles. The van der Waals surface area contributed by atoms with Gasteiger partial charge in [0.05, 0.1) is 7.11 Å². The van der Waals surface area contributed by atoms with Crippen molar-refractivity contribution < 1.29 is 23.7 Å². The van der Waals surface area contributed by atoms with Crippen LogP contribution in [0.2, 0.25) is 5.02 Å². The Labute approximate surface area is 148 Å². The van der Waals surface area contributed by atoms with Gasteiger partial charge in [0.25, 0.3) is 0 Å². The summed E-state index contributed by atoms with van der Waals surface area (Å²) in [6.45, 7) is -0.00459. The van der Waals surface area contributed by atoms with Gasteiger partial charge in [-0.1, -0.05) is 11.6 Å². The van der Waals surface area contributed by atoms with E-state index in [-0.39, 0.29) is 35.0 Å². The summed E-state index contributed by atoms with van der Waals surface area (Å²) in [7, 11) is 2.84. The summed E-state index contributed by atoms with van der Waals surface area (Å²) in [6.07, 6.45) is 0. The van der Waals surface area contributed by atoms with E-state index in [0.29, 0.717) is 16.3 Å².